The van der Waals surface area contributed by atoms with Crippen LogP contribution in [0.25, 0.3) is 0 Å². The normalized spacial score (nSPS) is 8.06. The molecule has 0 saturated heterocycles. The van der Waals surface area contributed by atoms with Crippen LogP contribution < -0.4 is 5.32 Å². The van der Waals surface area contributed by atoms with E-state index in [1.54, 1.807) is 24.3 Å². The van der Waals surface area contributed by atoms with Crippen LogP contribution in [0.3, 0.4) is 0 Å². The summed E-state index contributed by atoms with van der Waals surface area (Å²) in [5.74, 6) is 0.210. The molecule has 1 amide bonds. The molecule has 0 aliphatic heterocycles. The van der Waals surface area contributed by atoms with Crippen molar-refractivity contribution in [1.82, 2.24) is 0 Å². The van der Waals surface area contributed by atoms with Gasteiger partial charge < -0.3 is 10.4 Å². The van der Waals surface area contributed by atoms with Crippen LogP contribution >= 0.6 is 0 Å². The minimum Gasteiger partial charge on any atom is -0.508 e. The second kappa shape index (κ2) is 12.6. The summed E-state index contributed by atoms with van der Waals surface area (Å²) < 4.78 is 0. The molecule has 0 unspecified atom stereocenters. The number of nitrogens with one attached hydrogen (secondary N) is 1. The maximum Gasteiger partial charge on any atom is 0.224 e. The van der Waals surface area contributed by atoms with Crippen molar-refractivity contribution in [3.8, 4) is 5.75 Å². The third-order valence-electron chi connectivity index (χ3n) is 1.63. The highest BCUT2D eigenvalue weighted by Gasteiger charge is 1.99. The summed E-state index contributed by atoms with van der Waals surface area (Å²) in [6, 6.07) is 6.43. The first-order chi connectivity index (χ1) is 8.22. The number of aromatic hydroxyl groups is 1. The number of benzene rings is 1. The van der Waals surface area contributed by atoms with Crippen molar-refractivity contribution in [3.05, 3.63) is 24.3 Å². The molecule has 3 heteroatoms. The summed E-state index contributed by atoms with van der Waals surface area (Å²) in [5.41, 5.74) is 0.719. The fourth-order valence-electron chi connectivity index (χ4n) is 0.995. The van der Waals surface area contributed by atoms with Crippen molar-refractivity contribution in [2.45, 2.75) is 47.5 Å². The Balaban J connectivity index is 0. The van der Waals surface area contributed by atoms with E-state index in [4.69, 9.17) is 5.11 Å². The summed E-state index contributed by atoms with van der Waals surface area (Å²) >= 11 is 0. The van der Waals surface area contributed by atoms with Crippen molar-refractivity contribution in [1.29, 1.82) is 0 Å². The van der Waals surface area contributed by atoms with Gasteiger partial charge in [0.1, 0.15) is 5.75 Å². The lowest BCUT2D eigenvalue weighted by molar-refractivity contribution is -0.116. The Bertz CT molecular complexity index is 281. The Morgan fingerprint density at radius 3 is 2.00 bits per heavy atom. The van der Waals surface area contributed by atoms with Crippen LogP contribution in [0.2, 0.25) is 0 Å². The number of phenols is 1. The number of anilines is 1. The molecule has 98 valence electrons. The fourth-order valence-corrected chi connectivity index (χ4v) is 0.995. The fraction of sp³-hybridized carbons (Fsp3) is 0.500. The van der Waals surface area contributed by atoms with Crippen molar-refractivity contribution in [3.63, 3.8) is 0 Å². The maximum absolute atomic E-state index is 11.1. The van der Waals surface area contributed by atoms with Crippen molar-refractivity contribution in [2.75, 3.05) is 5.32 Å². The highest BCUT2D eigenvalue weighted by atomic mass is 16.3. The van der Waals surface area contributed by atoms with E-state index in [1.807, 2.05) is 34.6 Å². The molecule has 0 heterocycles. The zero-order valence-electron chi connectivity index (χ0n) is 11.6. The predicted molar refractivity (Wildman–Crippen MR) is 74.3 cm³/mol. The smallest absolute Gasteiger partial charge is 0.224 e. The second-order valence-corrected chi connectivity index (χ2v) is 2.85. The molecule has 0 aliphatic rings. The molecule has 3 nitrogen and oxygen atoms in total. The molecule has 0 aromatic heterocycles. The van der Waals surface area contributed by atoms with Gasteiger partial charge in [0.25, 0.3) is 0 Å². The van der Waals surface area contributed by atoms with Gasteiger partial charge in [0.2, 0.25) is 5.91 Å². The highest BCUT2D eigenvalue weighted by Crippen LogP contribution is 2.13. The highest BCUT2D eigenvalue weighted by molar-refractivity contribution is 5.90. The molecule has 0 aliphatic carbocycles. The van der Waals surface area contributed by atoms with Crippen LogP contribution in [0.1, 0.15) is 47.5 Å². The lowest BCUT2D eigenvalue weighted by atomic mass is 10.2. The van der Waals surface area contributed by atoms with Gasteiger partial charge in [-0.2, -0.15) is 0 Å². The summed E-state index contributed by atoms with van der Waals surface area (Å²) in [7, 11) is 0. The van der Waals surface area contributed by atoms with Crippen molar-refractivity contribution in [2.24, 2.45) is 0 Å². The third-order valence-corrected chi connectivity index (χ3v) is 1.63. The minimum atomic E-state index is 0.00758. The third kappa shape index (κ3) is 9.42. The first-order valence-electron chi connectivity index (χ1n) is 6.31. The lowest BCUT2D eigenvalue weighted by Gasteiger charge is -2.03. The maximum atomic E-state index is 11.1. The minimum absolute atomic E-state index is 0.00758. The number of hydrogen-bond acceptors (Lipinski definition) is 2. The standard InChI is InChI=1S/C10H13NO2.2C2H6/c1-2-3-10(13)11-8-4-6-9(12)7-5-8;2*1-2/h4-7,12H,2-3H2,1H3,(H,11,13);2*1-2H3. The average molecular weight is 239 g/mol. The van der Waals surface area contributed by atoms with Crippen LogP contribution in [0.15, 0.2) is 24.3 Å². The summed E-state index contributed by atoms with van der Waals surface area (Å²) in [6.45, 7) is 9.95. The quantitative estimate of drug-likeness (QED) is 0.777. The molecule has 1 rings (SSSR count). The number of amides is 1. The van der Waals surface area contributed by atoms with Gasteiger partial charge in [0.15, 0.2) is 0 Å². The molecule has 0 spiro atoms. The van der Waals surface area contributed by atoms with Gasteiger partial charge in [-0.15, -0.1) is 0 Å². The molecular formula is C14H25NO2. The van der Waals surface area contributed by atoms with Gasteiger partial charge in [0.05, 0.1) is 0 Å². The average Bonchev–Trinajstić information content (AvgIpc) is 2.37. The first kappa shape index (κ1) is 17.9. The van der Waals surface area contributed by atoms with Gasteiger partial charge in [0, 0.05) is 12.1 Å². The van der Waals surface area contributed by atoms with Crippen LogP contribution in [0.5, 0.6) is 5.75 Å². The zero-order valence-corrected chi connectivity index (χ0v) is 11.6. The lowest BCUT2D eigenvalue weighted by Crippen LogP contribution is -2.10. The molecular weight excluding hydrogens is 214 g/mol. The molecule has 0 fully saturated rings. The van der Waals surface area contributed by atoms with Crippen molar-refractivity contribution < 1.29 is 9.90 Å². The van der Waals surface area contributed by atoms with E-state index in [2.05, 4.69) is 5.32 Å². The molecule has 17 heavy (non-hydrogen) atoms. The second-order valence-electron chi connectivity index (χ2n) is 2.85. The number of carbonyl (C=O) groups excluding carboxylic acids is 1. The Labute approximate surface area is 105 Å². The Kier molecular flexibility index (Phi) is 13.2. The zero-order chi connectivity index (χ0) is 13.7. The Morgan fingerprint density at radius 1 is 1.12 bits per heavy atom. The van der Waals surface area contributed by atoms with Gasteiger partial charge in [-0.25, -0.2) is 0 Å². The molecule has 0 saturated carbocycles. The van der Waals surface area contributed by atoms with Gasteiger partial charge in [-0.05, 0) is 30.7 Å². The molecule has 1 aromatic carbocycles. The van der Waals surface area contributed by atoms with Gasteiger partial charge in [-0.3, -0.25) is 4.79 Å². The van der Waals surface area contributed by atoms with Crippen LogP contribution in [0, 0.1) is 0 Å². The molecule has 0 radical (unpaired) electrons. The van der Waals surface area contributed by atoms with Crippen LogP contribution in [0.4, 0.5) is 5.69 Å². The van der Waals surface area contributed by atoms with E-state index in [0.29, 0.717) is 6.42 Å². The molecule has 2 N–H and O–H groups in total. The van der Waals surface area contributed by atoms with E-state index < -0.39 is 0 Å². The topological polar surface area (TPSA) is 49.3 Å². The number of phenolic OH excluding ortho intramolecular Hbond substituents is 1. The largest absolute Gasteiger partial charge is 0.508 e. The summed E-state index contributed by atoms with van der Waals surface area (Å²) in [4.78, 5) is 11.1. The molecule has 0 atom stereocenters. The molecule has 0 bridgehead atoms. The summed E-state index contributed by atoms with van der Waals surface area (Å²) in [6.07, 6.45) is 1.37. The van der Waals surface area contributed by atoms with E-state index in [0.717, 1.165) is 12.1 Å². The SMILES string of the molecule is CC.CC.CCCC(=O)Nc1ccc(O)cc1. The van der Waals surface area contributed by atoms with E-state index in [1.165, 1.54) is 0 Å². The van der Waals surface area contributed by atoms with Gasteiger partial charge >= 0.3 is 0 Å². The van der Waals surface area contributed by atoms with Gasteiger partial charge in [-0.1, -0.05) is 34.6 Å². The van der Waals surface area contributed by atoms with Crippen molar-refractivity contribution >= 4 is 11.6 Å². The summed E-state index contributed by atoms with van der Waals surface area (Å²) in [5, 5.41) is 11.7. The predicted octanol–water partition coefficient (Wildman–Crippen LogP) is 4.18. The first-order valence-corrected chi connectivity index (χ1v) is 6.31. The van der Waals surface area contributed by atoms with E-state index in [-0.39, 0.29) is 11.7 Å². The van der Waals surface area contributed by atoms with E-state index in [9.17, 15) is 4.79 Å². The van der Waals surface area contributed by atoms with E-state index >= 15 is 0 Å². The number of rotatable bonds is 3. The molecule has 1 aromatic rings. The number of hydrogen-bond donors (Lipinski definition) is 2. The Hall–Kier alpha value is -1.51. The van der Waals surface area contributed by atoms with Crippen LogP contribution in [-0.4, -0.2) is 11.0 Å². The monoisotopic (exact) mass is 239 g/mol. The number of carbonyl (C=O) groups is 1. The van der Waals surface area contributed by atoms with Crippen LogP contribution in [-0.2, 0) is 4.79 Å². The Morgan fingerprint density at radius 2 is 1.59 bits per heavy atom.